The van der Waals surface area contributed by atoms with Gasteiger partial charge in [-0.2, -0.15) is 0 Å². The summed E-state index contributed by atoms with van der Waals surface area (Å²) in [5, 5.41) is 5.93. The highest BCUT2D eigenvalue weighted by molar-refractivity contribution is 5.90. The van der Waals surface area contributed by atoms with Gasteiger partial charge in [-0.05, 0) is 37.9 Å². The van der Waals surface area contributed by atoms with E-state index in [1.807, 2.05) is 0 Å². The molecule has 1 aromatic rings. The van der Waals surface area contributed by atoms with Gasteiger partial charge in [0.05, 0.1) is 7.11 Å². The Balaban J connectivity index is 1.59. The number of carbonyl (C=O) groups excluding carboxylic acids is 1. The molecular formula is C15H22N4O2. The Morgan fingerprint density at radius 2 is 2.29 bits per heavy atom. The van der Waals surface area contributed by atoms with E-state index in [1.165, 1.54) is 25.8 Å². The molecule has 0 unspecified atom stereocenters. The van der Waals surface area contributed by atoms with E-state index in [-0.39, 0.29) is 12.1 Å². The van der Waals surface area contributed by atoms with Crippen molar-refractivity contribution in [2.24, 2.45) is 0 Å². The number of ether oxygens (including phenoxy) is 1. The molecule has 0 aromatic carbocycles. The van der Waals surface area contributed by atoms with Gasteiger partial charge in [-0.15, -0.1) is 0 Å². The number of rotatable bonds is 3. The molecule has 2 fully saturated rings. The highest BCUT2D eigenvalue weighted by Crippen LogP contribution is 2.27. The molecule has 3 rings (SSSR count). The number of piperidine rings is 1. The van der Waals surface area contributed by atoms with Crippen LogP contribution in [0.5, 0.6) is 5.88 Å². The molecule has 2 aliphatic heterocycles. The monoisotopic (exact) mass is 290 g/mol. The summed E-state index contributed by atoms with van der Waals surface area (Å²) in [6.45, 7) is 2.26. The second kappa shape index (κ2) is 6.30. The minimum absolute atomic E-state index is 0.182. The lowest BCUT2D eigenvalue weighted by molar-refractivity contribution is 0.180. The van der Waals surface area contributed by atoms with Crippen LogP contribution in [0.2, 0.25) is 0 Å². The first-order valence-corrected chi connectivity index (χ1v) is 7.58. The van der Waals surface area contributed by atoms with Crippen molar-refractivity contribution in [1.29, 1.82) is 0 Å². The molecule has 1 aromatic heterocycles. The summed E-state index contributed by atoms with van der Waals surface area (Å²) in [6, 6.07) is 4.12. The first-order valence-electron chi connectivity index (χ1n) is 7.58. The van der Waals surface area contributed by atoms with Crippen molar-refractivity contribution in [2.75, 3.05) is 25.5 Å². The maximum absolute atomic E-state index is 12.2. The van der Waals surface area contributed by atoms with E-state index in [4.69, 9.17) is 4.74 Å². The Bertz CT molecular complexity index is 508. The van der Waals surface area contributed by atoms with E-state index >= 15 is 0 Å². The zero-order valence-electron chi connectivity index (χ0n) is 12.3. The van der Waals surface area contributed by atoms with Crippen LogP contribution in [0.15, 0.2) is 18.3 Å². The number of nitrogens with one attached hydrogen (secondary N) is 2. The fraction of sp³-hybridized carbons (Fsp3) is 0.600. The summed E-state index contributed by atoms with van der Waals surface area (Å²) in [6.07, 6.45) is 6.39. The minimum Gasteiger partial charge on any atom is -0.480 e. The second-order valence-electron chi connectivity index (χ2n) is 5.65. The van der Waals surface area contributed by atoms with Crippen molar-refractivity contribution in [2.45, 2.75) is 37.8 Å². The number of methoxy groups -OCH3 is 1. The summed E-state index contributed by atoms with van der Waals surface area (Å²) in [7, 11) is 1.54. The molecule has 0 saturated carbocycles. The van der Waals surface area contributed by atoms with Gasteiger partial charge in [0.15, 0.2) is 0 Å². The Morgan fingerprint density at radius 1 is 1.38 bits per heavy atom. The molecule has 6 heteroatoms. The van der Waals surface area contributed by atoms with Crippen molar-refractivity contribution < 1.29 is 9.53 Å². The zero-order valence-corrected chi connectivity index (χ0v) is 12.3. The van der Waals surface area contributed by atoms with Gasteiger partial charge in [0.1, 0.15) is 5.69 Å². The van der Waals surface area contributed by atoms with E-state index in [2.05, 4.69) is 20.5 Å². The van der Waals surface area contributed by atoms with Gasteiger partial charge in [0.2, 0.25) is 5.88 Å². The standard InChI is InChI=1S/C15H22N4O2/c1-21-14-12(5-4-8-16-14)18-15(20)17-11-7-10-19-9-3-2-6-13(11)19/h4-5,8,11,13H,2-3,6-7,9-10H2,1H3,(H2,17,18,20)/t11-,13+/m1/s1. The number of aromatic nitrogens is 1. The van der Waals surface area contributed by atoms with E-state index < -0.39 is 0 Å². The van der Waals surface area contributed by atoms with Crippen LogP contribution in [0.1, 0.15) is 25.7 Å². The normalized spacial score (nSPS) is 25.2. The van der Waals surface area contributed by atoms with Crippen molar-refractivity contribution in [1.82, 2.24) is 15.2 Å². The topological polar surface area (TPSA) is 66.5 Å². The van der Waals surface area contributed by atoms with Crippen LogP contribution in [-0.4, -0.2) is 48.2 Å². The molecule has 3 heterocycles. The van der Waals surface area contributed by atoms with Gasteiger partial charge < -0.3 is 15.4 Å². The van der Waals surface area contributed by atoms with Gasteiger partial charge in [-0.25, -0.2) is 9.78 Å². The van der Waals surface area contributed by atoms with Crippen molar-refractivity contribution in [3.05, 3.63) is 18.3 Å². The fourth-order valence-corrected chi connectivity index (χ4v) is 3.39. The molecule has 0 spiro atoms. The van der Waals surface area contributed by atoms with E-state index in [1.54, 1.807) is 25.4 Å². The van der Waals surface area contributed by atoms with E-state index in [0.29, 0.717) is 17.6 Å². The SMILES string of the molecule is COc1ncccc1NC(=O)N[C@@H]1CCN2CCCC[C@@H]12. The highest BCUT2D eigenvalue weighted by Gasteiger charge is 2.36. The summed E-state index contributed by atoms with van der Waals surface area (Å²) in [4.78, 5) is 18.8. The molecule has 0 bridgehead atoms. The minimum atomic E-state index is -0.182. The zero-order chi connectivity index (χ0) is 14.7. The number of hydrogen-bond donors (Lipinski definition) is 2. The first-order chi connectivity index (χ1) is 10.3. The van der Waals surface area contributed by atoms with Crippen molar-refractivity contribution in [3.63, 3.8) is 0 Å². The average molecular weight is 290 g/mol. The number of carbonyl (C=O) groups is 1. The second-order valence-corrected chi connectivity index (χ2v) is 5.65. The molecule has 2 amide bonds. The summed E-state index contributed by atoms with van der Waals surface area (Å²) < 4.78 is 5.14. The third kappa shape index (κ3) is 3.10. The summed E-state index contributed by atoms with van der Waals surface area (Å²) in [5.41, 5.74) is 0.594. The molecule has 0 aliphatic carbocycles. The fourth-order valence-electron chi connectivity index (χ4n) is 3.39. The lowest BCUT2D eigenvalue weighted by Crippen LogP contribution is -2.47. The Labute approximate surface area is 124 Å². The van der Waals surface area contributed by atoms with Gasteiger partial charge in [0.25, 0.3) is 0 Å². The van der Waals surface area contributed by atoms with Gasteiger partial charge in [-0.3, -0.25) is 4.90 Å². The lowest BCUT2D eigenvalue weighted by atomic mass is 9.99. The predicted molar refractivity (Wildman–Crippen MR) is 80.6 cm³/mol. The summed E-state index contributed by atoms with van der Waals surface area (Å²) in [5.74, 6) is 0.429. The molecule has 21 heavy (non-hydrogen) atoms. The average Bonchev–Trinajstić information content (AvgIpc) is 2.91. The third-order valence-electron chi connectivity index (χ3n) is 4.39. The van der Waals surface area contributed by atoms with Crippen LogP contribution in [-0.2, 0) is 0 Å². The molecule has 2 saturated heterocycles. The maximum Gasteiger partial charge on any atom is 0.319 e. The Hall–Kier alpha value is -1.82. The van der Waals surface area contributed by atoms with Gasteiger partial charge in [0, 0.05) is 24.8 Å². The van der Waals surface area contributed by atoms with Crippen LogP contribution in [0.25, 0.3) is 0 Å². The largest absolute Gasteiger partial charge is 0.480 e. The molecule has 2 N–H and O–H groups in total. The van der Waals surface area contributed by atoms with Crippen LogP contribution < -0.4 is 15.4 Å². The van der Waals surface area contributed by atoms with E-state index in [9.17, 15) is 4.79 Å². The quantitative estimate of drug-likeness (QED) is 0.891. The number of anilines is 1. The Morgan fingerprint density at radius 3 is 3.14 bits per heavy atom. The van der Waals surface area contributed by atoms with Crippen LogP contribution >= 0.6 is 0 Å². The van der Waals surface area contributed by atoms with Crippen molar-refractivity contribution in [3.8, 4) is 5.88 Å². The smallest absolute Gasteiger partial charge is 0.319 e. The first kappa shape index (κ1) is 14.1. The number of fused-ring (bicyclic) bond motifs is 1. The Kier molecular flexibility index (Phi) is 4.24. The number of nitrogens with zero attached hydrogens (tertiary/aromatic N) is 2. The van der Waals surface area contributed by atoms with Crippen LogP contribution in [0.3, 0.4) is 0 Å². The molecule has 6 nitrogen and oxygen atoms in total. The van der Waals surface area contributed by atoms with Crippen LogP contribution in [0.4, 0.5) is 10.5 Å². The van der Waals surface area contributed by atoms with E-state index in [0.717, 1.165) is 13.0 Å². The number of hydrogen-bond acceptors (Lipinski definition) is 4. The number of amides is 2. The highest BCUT2D eigenvalue weighted by atomic mass is 16.5. The van der Waals surface area contributed by atoms with Gasteiger partial charge >= 0.3 is 6.03 Å². The third-order valence-corrected chi connectivity index (χ3v) is 4.39. The predicted octanol–water partition coefficient (Wildman–Crippen LogP) is 1.84. The van der Waals surface area contributed by atoms with Crippen molar-refractivity contribution >= 4 is 11.7 Å². The molecular weight excluding hydrogens is 268 g/mol. The molecule has 2 aliphatic rings. The molecule has 2 atom stereocenters. The van der Waals surface area contributed by atoms with Crippen LogP contribution in [0, 0.1) is 0 Å². The lowest BCUT2D eigenvalue weighted by Gasteiger charge is -2.32. The summed E-state index contributed by atoms with van der Waals surface area (Å²) >= 11 is 0. The molecule has 114 valence electrons. The van der Waals surface area contributed by atoms with Gasteiger partial charge in [-0.1, -0.05) is 6.42 Å². The number of urea groups is 1. The molecule has 0 radical (unpaired) electrons. The maximum atomic E-state index is 12.2. The number of pyridine rings is 1.